The highest BCUT2D eigenvalue weighted by atomic mass is 32.1. The van der Waals surface area contributed by atoms with Gasteiger partial charge in [-0.3, -0.25) is 9.69 Å². The summed E-state index contributed by atoms with van der Waals surface area (Å²) in [7, 11) is 1.42. The van der Waals surface area contributed by atoms with E-state index in [0.29, 0.717) is 11.5 Å². The number of likely N-dealkylation sites (tertiary alicyclic amines) is 1. The van der Waals surface area contributed by atoms with E-state index >= 15 is 0 Å². The second kappa shape index (κ2) is 5.78. The maximum absolute atomic E-state index is 11.7. The van der Waals surface area contributed by atoms with Gasteiger partial charge in [-0.05, 0) is 33.2 Å². The number of piperidine rings is 1. The molecule has 0 aromatic heterocycles. The van der Waals surface area contributed by atoms with Crippen molar-refractivity contribution in [1.82, 2.24) is 4.90 Å². The normalized spacial score (nSPS) is 22.2. The highest BCUT2D eigenvalue weighted by Gasteiger charge is 2.35. The fourth-order valence-electron chi connectivity index (χ4n) is 2.35. The van der Waals surface area contributed by atoms with Gasteiger partial charge in [0.1, 0.15) is 0 Å². The van der Waals surface area contributed by atoms with Gasteiger partial charge in [-0.25, -0.2) is 0 Å². The zero-order chi connectivity index (χ0) is 13.1. The van der Waals surface area contributed by atoms with Crippen molar-refractivity contribution in [2.75, 3.05) is 20.2 Å². The standard InChI is InChI=1S/C12H22N2O2S/c1-12(2,11(15)16-3)8-14-7-5-4-6-9(14)10(13)17/h9H,4-8H2,1-3H3,(H2,13,17). The van der Waals surface area contributed by atoms with Gasteiger partial charge in [-0.2, -0.15) is 0 Å². The monoisotopic (exact) mass is 258 g/mol. The highest BCUT2D eigenvalue weighted by molar-refractivity contribution is 7.80. The van der Waals surface area contributed by atoms with Gasteiger partial charge in [0.25, 0.3) is 0 Å². The van der Waals surface area contributed by atoms with Gasteiger partial charge in [-0.15, -0.1) is 0 Å². The van der Waals surface area contributed by atoms with E-state index in [2.05, 4.69) is 4.90 Å². The molecule has 2 N–H and O–H groups in total. The number of hydrogen-bond donors (Lipinski definition) is 1. The lowest BCUT2D eigenvalue weighted by Gasteiger charge is -2.38. The Morgan fingerprint density at radius 3 is 2.71 bits per heavy atom. The topological polar surface area (TPSA) is 55.6 Å². The predicted molar refractivity (Wildman–Crippen MR) is 71.8 cm³/mol. The molecule has 0 radical (unpaired) electrons. The maximum Gasteiger partial charge on any atom is 0.312 e. The zero-order valence-electron chi connectivity index (χ0n) is 10.9. The smallest absolute Gasteiger partial charge is 0.312 e. The Morgan fingerprint density at radius 1 is 1.53 bits per heavy atom. The number of carbonyl (C=O) groups excluding carboxylic acids is 1. The molecule has 0 saturated carbocycles. The first-order valence-electron chi connectivity index (χ1n) is 6.00. The molecule has 1 saturated heterocycles. The lowest BCUT2D eigenvalue weighted by molar-refractivity contribution is -0.152. The van der Waals surface area contributed by atoms with Crippen LogP contribution < -0.4 is 5.73 Å². The predicted octanol–water partition coefficient (Wildman–Crippen LogP) is 1.33. The number of methoxy groups -OCH3 is 1. The van der Waals surface area contributed by atoms with Crippen LogP contribution in [0.3, 0.4) is 0 Å². The number of carbonyl (C=O) groups is 1. The summed E-state index contributed by atoms with van der Waals surface area (Å²) in [5, 5.41) is 0. The Morgan fingerprint density at radius 2 is 2.18 bits per heavy atom. The van der Waals surface area contributed by atoms with Gasteiger partial charge in [0, 0.05) is 6.54 Å². The van der Waals surface area contributed by atoms with Crippen molar-refractivity contribution in [3.05, 3.63) is 0 Å². The van der Waals surface area contributed by atoms with Crippen molar-refractivity contribution in [3.63, 3.8) is 0 Å². The molecule has 0 amide bonds. The molecule has 1 aliphatic heterocycles. The molecule has 1 atom stereocenters. The van der Waals surface area contributed by atoms with Crippen molar-refractivity contribution in [1.29, 1.82) is 0 Å². The second-order valence-corrected chi connectivity index (χ2v) is 5.73. The summed E-state index contributed by atoms with van der Waals surface area (Å²) in [5.74, 6) is -0.190. The Kier molecular flexibility index (Phi) is 4.89. The summed E-state index contributed by atoms with van der Waals surface area (Å²) in [6.45, 7) is 5.37. The average Bonchev–Trinajstić information content (AvgIpc) is 2.27. The van der Waals surface area contributed by atoms with E-state index in [1.165, 1.54) is 7.11 Å². The van der Waals surface area contributed by atoms with Gasteiger partial charge >= 0.3 is 5.97 Å². The van der Waals surface area contributed by atoms with Crippen molar-refractivity contribution in [3.8, 4) is 0 Å². The van der Waals surface area contributed by atoms with Crippen molar-refractivity contribution < 1.29 is 9.53 Å². The first-order valence-corrected chi connectivity index (χ1v) is 6.41. The quantitative estimate of drug-likeness (QED) is 0.609. The molecule has 0 aliphatic carbocycles. The van der Waals surface area contributed by atoms with Crippen LogP contribution in [0.25, 0.3) is 0 Å². The fourth-order valence-corrected chi connectivity index (χ4v) is 2.62. The molecule has 0 aromatic rings. The third kappa shape index (κ3) is 3.64. The summed E-state index contributed by atoms with van der Waals surface area (Å²) in [5.41, 5.74) is 5.24. The summed E-state index contributed by atoms with van der Waals surface area (Å²) >= 11 is 5.10. The minimum Gasteiger partial charge on any atom is -0.469 e. The summed E-state index contributed by atoms with van der Waals surface area (Å²) < 4.78 is 4.82. The number of hydrogen-bond acceptors (Lipinski definition) is 4. The SMILES string of the molecule is COC(=O)C(C)(C)CN1CCCCC1C(N)=S. The van der Waals surface area contributed by atoms with Crippen LogP contribution in [0.5, 0.6) is 0 Å². The number of nitrogens with zero attached hydrogens (tertiary/aromatic N) is 1. The van der Waals surface area contributed by atoms with Crippen LogP contribution in [0.4, 0.5) is 0 Å². The van der Waals surface area contributed by atoms with Gasteiger partial charge in [0.05, 0.1) is 23.6 Å². The third-order valence-corrected chi connectivity index (χ3v) is 3.55. The number of thiocarbonyl (C=S) groups is 1. The molecule has 1 fully saturated rings. The largest absolute Gasteiger partial charge is 0.469 e. The van der Waals surface area contributed by atoms with Crippen molar-refractivity contribution >= 4 is 23.2 Å². The Bertz CT molecular complexity index is 305. The van der Waals surface area contributed by atoms with Crippen LogP contribution in [0.15, 0.2) is 0 Å². The Balaban J connectivity index is 2.70. The van der Waals surface area contributed by atoms with Crippen molar-refractivity contribution in [2.45, 2.75) is 39.2 Å². The van der Waals surface area contributed by atoms with Gasteiger partial charge in [0.15, 0.2) is 0 Å². The van der Waals surface area contributed by atoms with Crippen LogP contribution in [-0.2, 0) is 9.53 Å². The van der Waals surface area contributed by atoms with E-state index in [-0.39, 0.29) is 12.0 Å². The van der Waals surface area contributed by atoms with Crippen LogP contribution in [0.1, 0.15) is 33.1 Å². The number of rotatable bonds is 4. The zero-order valence-corrected chi connectivity index (χ0v) is 11.7. The van der Waals surface area contributed by atoms with E-state index < -0.39 is 5.41 Å². The molecule has 1 rings (SSSR count). The highest BCUT2D eigenvalue weighted by Crippen LogP contribution is 2.25. The Labute approximate surface area is 108 Å². The van der Waals surface area contributed by atoms with Crippen LogP contribution in [0.2, 0.25) is 0 Å². The van der Waals surface area contributed by atoms with E-state index in [0.717, 1.165) is 25.8 Å². The Hall–Kier alpha value is -0.680. The molecule has 1 unspecified atom stereocenters. The number of esters is 1. The van der Waals surface area contributed by atoms with Crippen molar-refractivity contribution in [2.24, 2.45) is 11.1 Å². The average molecular weight is 258 g/mol. The first kappa shape index (κ1) is 14.4. The number of nitrogens with two attached hydrogens (primary N) is 1. The molecule has 17 heavy (non-hydrogen) atoms. The molecule has 5 heteroatoms. The van der Waals surface area contributed by atoms with E-state index in [1.54, 1.807) is 0 Å². The molecule has 4 nitrogen and oxygen atoms in total. The lowest BCUT2D eigenvalue weighted by Crippen LogP contribution is -2.51. The summed E-state index contributed by atoms with van der Waals surface area (Å²) in [6, 6.07) is 0.127. The van der Waals surface area contributed by atoms with Crippen LogP contribution in [0, 0.1) is 5.41 Å². The maximum atomic E-state index is 11.7. The van der Waals surface area contributed by atoms with Gasteiger partial charge in [0.2, 0.25) is 0 Å². The first-order chi connectivity index (χ1) is 7.88. The van der Waals surface area contributed by atoms with E-state index in [9.17, 15) is 4.79 Å². The molecule has 0 aromatic carbocycles. The molecule has 1 heterocycles. The fraction of sp³-hybridized carbons (Fsp3) is 0.833. The number of ether oxygens (including phenoxy) is 1. The van der Waals surface area contributed by atoms with Gasteiger partial charge < -0.3 is 10.5 Å². The molecular weight excluding hydrogens is 236 g/mol. The minimum atomic E-state index is -0.519. The molecule has 98 valence electrons. The second-order valence-electron chi connectivity index (χ2n) is 5.26. The minimum absolute atomic E-state index is 0.127. The summed E-state index contributed by atoms with van der Waals surface area (Å²) in [6.07, 6.45) is 3.28. The van der Waals surface area contributed by atoms with Crippen LogP contribution >= 0.6 is 12.2 Å². The van der Waals surface area contributed by atoms with Gasteiger partial charge in [-0.1, -0.05) is 18.6 Å². The third-order valence-electron chi connectivity index (χ3n) is 3.28. The van der Waals surface area contributed by atoms with Crippen LogP contribution in [-0.4, -0.2) is 42.1 Å². The molecular formula is C12H22N2O2S. The molecule has 0 spiro atoms. The van der Waals surface area contributed by atoms with E-state index in [4.69, 9.17) is 22.7 Å². The molecule has 1 aliphatic rings. The lowest BCUT2D eigenvalue weighted by atomic mass is 9.90. The summed E-state index contributed by atoms with van der Waals surface area (Å²) in [4.78, 5) is 14.4. The van der Waals surface area contributed by atoms with E-state index in [1.807, 2.05) is 13.8 Å². The molecule has 0 bridgehead atoms.